The predicted octanol–water partition coefficient (Wildman–Crippen LogP) is 1.71. The molecule has 1 aromatic carbocycles. The van der Waals surface area contributed by atoms with Crippen molar-refractivity contribution in [3.63, 3.8) is 0 Å². The van der Waals surface area contributed by atoms with Crippen LogP contribution in [0.5, 0.6) is 0 Å². The van der Waals surface area contributed by atoms with Crippen LogP contribution in [0.2, 0.25) is 0 Å². The quantitative estimate of drug-likeness (QED) is 0.313. The first-order chi connectivity index (χ1) is 16.6. The molecule has 0 spiro atoms. The van der Waals surface area contributed by atoms with Gasteiger partial charge in [-0.05, 0) is 44.0 Å². The van der Waals surface area contributed by atoms with E-state index in [1.165, 1.54) is 29.3 Å². The summed E-state index contributed by atoms with van der Waals surface area (Å²) in [5.74, 6) is -0.389. The number of piperidine rings is 1. The van der Waals surface area contributed by atoms with E-state index in [0.29, 0.717) is 22.9 Å². The Hall–Kier alpha value is -3.41. The van der Waals surface area contributed by atoms with Crippen LogP contribution in [0.3, 0.4) is 0 Å². The van der Waals surface area contributed by atoms with Gasteiger partial charge in [-0.1, -0.05) is 6.07 Å². The molecule has 1 aliphatic rings. The molecule has 35 heavy (non-hydrogen) atoms. The highest BCUT2D eigenvalue weighted by Gasteiger charge is 2.46. The average Bonchev–Trinajstić information content (AvgIpc) is 2.83. The van der Waals surface area contributed by atoms with Gasteiger partial charge >= 0.3 is 0 Å². The van der Waals surface area contributed by atoms with Crippen molar-refractivity contribution in [1.82, 2.24) is 14.9 Å². The molecule has 6 N–H and O–H groups in total. The van der Waals surface area contributed by atoms with E-state index in [9.17, 15) is 24.5 Å². The maximum absolute atomic E-state index is 13.9. The standard InChI is InChI=1S/C24H31FN6O4/c1-14(2)29-23-28-8-15(3)21(30-23)27-9-18-7-24(12-33,13-34)31(22(35)20(18)26)10-17-6-19(25)5-4-16(17)11-32/h4-6,8-9,14,26,32-34H,7,10-13H2,1-3H3,(H2,27,28,29,30)/b18-9-,26-20?. The smallest absolute Gasteiger partial charge is 0.273 e. The van der Waals surface area contributed by atoms with Crippen molar-refractivity contribution >= 4 is 23.4 Å². The van der Waals surface area contributed by atoms with Gasteiger partial charge in [-0.3, -0.25) is 10.2 Å². The van der Waals surface area contributed by atoms with E-state index < -0.39 is 30.5 Å². The minimum absolute atomic E-state index is 0.0252. The monoisotopic (exact) mass is 486 g/mol. The van der Waals surface area contributed by atoms with Crippen molar-refractivity contribution in [2.75, 3.05) is 23.8 Å². The summed E-state index contributed by atoms with van der Waals surface area (Å²) in [4.78, 5) is 23.0. The number of halogens is 1. The molecule has 0 radical (unpaired) electrons. The molecule has 0 saturated carbocycles. The van der Waals surface area contributed by atoms with Crippen LogP contribution in [0.15, 0.2) is 36.2 Å². The largest absolute Gasteiger partial charge is 0.394 e. The number of aliphatic hydroxyl groups is 3. The molecule has 1 saturated heterocycles. The van der Waals surface area contributed by atoms with Gasteiger partial charge in [0, 0.05) is 42.5 Å². The summed E-state index contributed by atoms with van der Waals surface area (Å²) < 4.78 is 13.9. The van der Waals surface area contributed by atoms with Crippen molar-refractivity contribution in [2.45, 2.75) is 51.9 Å². The van der Waals surface area contributed by atoms with Crippen molar-refractivity contribution < 1.29 is 24.5 Å². The van der Waals surface area contributed by atoms with Crippen molar-refractivity contribution in [3.05, 3.63) is 58.7 Å². The second-order valence-electron chi connectivity index (χ2n) is 8.89. The molecule has 0 unspecified atom stereocenters. The second-order valence-corrected chi connectivity index (χ2v) is 8.89. The fraction of sp³-hybridized carbons (Fsp3) is 0.417. The Balaban J connectivity index is 1.91. The minimum Gasteiger partial charge on any atom is -0.394 e. The van der Waals surface area contributed by atoms with Crippen LogP contribution in [-0.2, 0) is 17.9 Å². The van der Waals surface area contributed by atoms with E-state index in [2.05, 4.69) is 20.6 Å². The molecule has 10 nitrogen and oxygen atoms in total. The van der Waals surface area contributed by atoms with E-state index in [1.54, 1.807) is 6.20 Å². The van der Waals surface area contributed by atoms with Crippen LogP contribution in [0, 0.1) is 18.2 Å². The van der Waals surface area contributed by atoms with Crippen LogP contribution in [0.4, 0.5) is 16.2 Å². The first-order valence-electron chi connectivity index (χ1n) is 11.2. The highest BCUT2D eigenvalue weighted by Crippen LogP contribution is 2.33. The van der Waals surface area contributed by atoms with Gasteiger partial charge in [0.15, 0.2) is 0 Å². The first-order valence-corrected chi connectivity index (χ1v) is 11.2. The van der Waals surface area contributed by atoms with Gasteiger partial charge in [-0.2, -0.15) is 4.98 Å². The summed E-state index contributed by atoms with van der Waals surface area (Å²) in [5, 5.41) is 44.6. The number of rotatable bonds is 9. The number of aliphatic hydroxyl groups excluding tert-OH is 3. The van der Waals surface area contributed by atoms with Gasteiger partial charge in [0.2, 0.25) is 5.95 Å². The molecule has 0 bridgehead atoms. The lowest BCUT2D eigenvalue weighted by Gasteiger charge is -2.46. The summed E-state index contributed by atoms with van der Waals surface area (Å²) in [6.07, 6.45) is 3.08. The summed E-state index contributed by atoms with van der Waals surface area (Å²) in [6.45, 7) is 3.98. The molecule has 11 heteroatoms. The fourth-order valence-corrected chi connectivity index (χ4v) is 3.86. The predicted molar refractivity (Wildman–Crippen MR) is 129 cm³/mol. The summed E-state index contributed by atoms with van der Waals surface area (Å²) >= 11 is 0. The molecule has 1 amide bonds. The Morgan fingerprint density at radius 1 is 1.26 bits per heavy atom. The number of aromatic nitrogens is 2. The molecule has 2 aromatic rings. The molecule has 0 atom stereocenters. The number of nitrogens with one attached hydrogen (secondary N) is 3. The highest BCUT2D eigenvalue weighted by atomic mass is 19.1. The maximum atomic E-state index is 13.9. The third-order valence-corrected chi connectivity index (χ3v) is 5.90. The minimum atomic E-state index is -1.43. The SMILES string of the molecule is Cc1cnc(NC(C)C)nc1N/C=C1/CC(CO)(CO)N(Cc2cc(F)ccc2CO)C(=O)C1=N. The van der Waals surface area contributed by atoms with Crippen molar-refractivity contribution in [2.24, 2.45) is 0 Å². The third kappa shape index (κ3) is 5.64. The van der Waals surface area contributed by atoms with Gasteiger partial charge in [-0.15, -0.1) is 0 Å². The topological polar surface area (TPSA) is 155 Å². The first kappa shape index (κ1) is 26.2. The van der Waals surface area contributed by atoms with Gasteiger partial charge in [0.1, 0.15) is 17.3 Å². The van der Waals surface area contributed by atoms with Crippen LogP contribution in [0.1, 0.15) is 37.0 Å². The van der Waals surface area contributed by atoms with Crippen LogP contribution >= 0.6 is 0 Å². The number of anilines is 2. The molecular weight excluding hydrogens is 455 g/mol. The zero-order chi connectivity index (χ0) is 25.8. The lowest BCUT2D eigenvalue weighted by atomic mass is 9.83. The molecule has 1 fully saturated rings. The van der Waals surface area contributed by atoms with Crippen molar-refractivity contribution in [3.8, 4) is 0 Å². The number of aryl methyl sites for hydroxylation is 1. The van der Waals surface area contributed by atoms with E-state index in [-0.39, 0.29) is 36.9 Å². The molecule has 1 aliphatic heterocycles. The summed E-state index contributed by atoms with van der Waals surface area (Å²) in [7, 11) is 0. The number of amides is 1. The molecule has 3 rings (SSSR count). The second kappa shape index (κ2) is 10.9. The summed E-state index contributed by atoms with van der Waals surface area (Å²) in [5.41, 5.74) is -0.0173. The lowest BCUT2D eigenvalue weighted by molar-refractivity contribution is -0.137. The third-order valence-electron chi connectivity index (χ3n) is 5.90. The number of hydrogen-bond acceptors (Lipinski definition) is 9. The number of carbonyl (C=O) groups excluding carboxylic acids is 1. The normalized spacial score (nSPS) is 16.8. The highest BCUT2D eigenvalue weighted by molar-refractivity contribution is 6.44. The molecular formula is C24H31FN6O4. The number of likely N-dealkylation sites (tertiary alicyclic amines) is 1. The Kier molecular flexibility index (Phi) is 8.15. The van der Waals surface area contributed by atoms with Gasteiger partial charge in [-0.25, -0.2) is 9.37 Å². The number of hydrogen-bond donors (Lipinski definition) is 6. The number of nitrogens with zero attached hydrogens (tertiary/aromatic N) is 3. The zero-order valence-corrected chi connectivity index (χ0v) is 20.0. The average molecular weight is 487 g/mol. The van der Waals surface area contributed by atoms with Crippen LogP contribution in [-0.4, -0.2) is 66.6 Å². The van der Waals surface area contributed by atoms with E-state index >= 15 is 0 Å². The Morgan fingerprint density at radius 3 is 2.60 bits per heavy atom. The maximum Gasteiger partial charge on any atom is 0.273 e. The van der Waals surface area contributed by atoms with E-state index in [1.807, 2.05) is 20.8 Å². The van der Waals surface area contributed by atoms with Gasteiger partial charge in [0.05, 0.1) is 25.4 Å². The van der Waals surface area contributed by atoms with Crippen LogP contribution in [0.25, 0.3) is 0 Å². The van der Waals surface area contributed by atoms with E-state index in [4.69, 9.17) is 5.41 Å². The molecule has 188 valence electrons. The Bertz CT molecular complexity index is 1130. The molecule has 2 heterocycles. The molecule has 1 aromatic heterocycles. The van der Waals surface area contributed by atoms with Gasteiger partial charge in [0.25, 0.3) is 5.91 Å². The number of benzene rings is 1. The summed E-state index contributed by atoms with van der Waals surface area (Å²) in [6, 6.07) is 3.92. The van der Waals surface area contributed by atoms with Crippen LogP contribution < -0.4 is 10.6 Å². The zero-order valence-electron chi connectivity index (χ0n) is 20.0. The Labute approximate surface area is 203 Å². The van der Waals surface area contributed by atoms with Gasteiger partial charge < -0.3 is 30.9 Å². The Morgan fingerprint density at radius 2 is 1.97 bits per heavy atom. The fourth-order valence-electron chi connectivity index (χ4n) is 3.86. The lowest BCUT2D eigenvalue weighted by Crippen LogP contribution is -2.62. The van der Waals surface area contributed by atoms with E-state index in [0.717, 1.165) is 5.56 Å². The van der Waals surface area contributed by atoms with Crippen molar-refractivity contribution in [1.29, 1.82) is 5.41 Å². The number of carbonyl (C=O) groups is 1. The molecule has 0 aliphatic carbocycles.